The minimum Gasteiger partial charge on any atom is -0.387 e. The van der Waals surface area contributed by atoms with Gasteiger partial charge in [-0.25, -0.2) is 34.9 Å². The number of halogens is 5. The fourth-order valence-corrected chi connectivity index (χ4v) is 8.39. The number of nitrogens with two attached hydrogens (primary N) is 2. The van der Waals surface area contributed by atoms with Gasteiger partial charge in [0.15, 0.2) is 33.8 Å². The summed E-state index contributed by atoms with van der Waals surface area (Å²) in [5, 5.41) is 22.6. The second-order valence-corrected chi connectivity index (χ2v) is 20.4. The van der Waals surface area contributed by atoms with Crippen molar-refractivity contribution in [1.82, 2.24) is 39.9 Å². The molecule has 4 fully saturated rings. The smallest absolute Gasteiger partial charge is 0.286 e. The lowest BCUT2D eigenvalue weighted by Gasteiger charge is -2.06. The van der Waals surface area contributed by atoms with Gasteiger partial charge in [0.1, 0.15) is 54.5 Å². The van der Waals surface area contributed by atoms with E-state index in [0.29, 0.717) is 71.6 Å². The third kappa shape index (κ3) is 14.5. The Balaban J connectivity index is 0.000000120. The molecule has 0 atom stereocenters. The van der Waals surface area contributed by atoms with E-state index in [2.05, 4.69) is 109 Å². The average molecular weight is 1140 g/mol. The topological polar surface area (TPSA) is 294 Å². The second-order valence-electron chi connectivity index (χ2n) is 17.6. The molecule has 0 aromatic carbocycles. The zero-order valence-corrected chi connectivity index (χ0v) is 44.0. The molecular weight excluding hydrogens is 1100 g/mol. The summed E-state index contributed by atoms with van der Waals surface area (Å²) < 4.78 is 0.509. The molecule has 4 aliphatic heterocycles. The van der Waals surface area contributed by atoms with E-state index in [1.807, 2.05) is 18.2 Å². The van der Waals surface area contributed by atoms with E-state index in [1.165, 1.54) is 92.2 Å². The van der Waals surface area contributed by atoms with Crippen molar-refractivity contribution in [2.75, 3.05) is 47.4 Å². The van der Waals surface area contributed by atoms with Crippen molar-refractivity contribution in [3.63, 3.8) is 0 Å². The predicted molar refractivity (Wildman–Crippen MR) is 292 cm³/mol. The summed E-state index contributed by atoms with van der Waals surface area (Å²) in [7, 11) is 0. The van der Waals surface area contributed by atoms with Gasteiger partial charge in [0.2, 0.25) is 11.6 Å². The summed E-state index contributed by atoms with van der Waals surface area (Å²) in [4.78, 5) is 60.6. The normalized spacial score (nSPS) is 18.2. The summed E-state index contributed by atoms with van der Waals surface area (Å²) in [5.41, 5.74) is 16.1. The van der Waals surface area contributed by atoms with E-state index in [0.717, 1.165) is 55.5 Å². The van der Waals surface area contributed by atoms with E-state index in [1.54, 1.807) is 6.20 Å². The number of nitrogens with zero attached hydrogens (tertiary/aromatic N) is 13. The molecule has 4 aliphatic carbocycles. The van der Waals surface area contributed by atoms with Gasteiger partial charge in [-0.2, -0.15) is 10.2 Å². The van der Waals surface area contributed by atoms with Crippen LogP contribution in [0, 0.1) is 35.0 Å². The van der Waals surface area contributed by atoms with E-state index in [4.69, 9.17) is 75.4 Å². The number of anilines is 4. The first-order chi connectivity index (χ1) is 35.2. The van der Waals surface area contributed by atoms with Crippen LogP contribution in [-0.2, 0) is 0 Å². The second kappa shape index (κ2) is 23.2. The molecule has 0 spiro atoms. The molecule has 8 N–H and O–H groups in total. The molecule has 0 unspecified atom stereocenters. The van der Waals surface area contributed by atoms with Gasteiger partial charge < -0.3 is 32.7 Å². The fraction of sp³-hybridized carbons (Fsp3) is 0.340. The highest BCUT2D eigenvalue weighted by molar-refractivity contribution is 9.10. The molecule has 0 bridgehead atoms. The number of carbonyl (C=O) groups is 1. The Morgan fingerprint density at radius 3 is 1.22 bits per heavy atom. The Bertz CT molecular complexity index is 3060. The Labute approximate surface area is 452 Å². The van der Waals surface area contributed by atoms with Gasteiger partial charge in [-0.05, 0) is 138 Å². The maximum absolute atomic E-state index is 11.0. The molecule has 12 rings (SSSR count). The predicted octanol–water partition coefficient (Wildman–Crippen LogP) is 8.53. The minimum atomic E-state index is -0.692. The number of amides is 1. The molecule has 26 heteroatoms. The zero-order chi connectivity index (χ0) is 51.2. The monoisotopic (exact) mass is 1140 g/mol. The van der Waals surface area contributed by atoms with Gasteiger partial charge in [-0.1, -0.05) is 58.6 Å². The number of primary amides is 1. The highest BCUT2D eigenvalue weighted by Gasteiger charge is 2.31. The first-order valence-corrected chi connectivity index (χ1v) is 25.8. The number of aromatic nitrogens is 8. The van der Waals surface area contributed by atoms with Gasteiger partial charge in [0.05, 0.1) is 51.0 Å². The molecule has 374 valence electrons. The molecule has 8 aliphatic rings. The van der Waals surface area contributed by atoms with Crippen LogP contribution in [0.15, 0.2) is 96.1 Å². The summed E-state index contributed by atoms with van der Waals surface area (Å²) >= 11 is 32.1. The number of aliphatic imine (C=N–C) groups is 4. The van der Waals surface area contributed by atoms with Crippen molar-refractivity contribution >= 4 is 132 Å². The lowest BCUT2D eigenvalue weighted by Crippen LogP contribution is -2.17. The minimum absolute atomic E-state index is 0.0723. The van der Waals surface area contributed by atoms with Crippen molar-refractivity contribution in [2.24, 2.45) is 55.1 Å². The summed E-state index contributed by atoms with van der Waals surface area (Å²) in [5.74, 6) is 7.39. The van der Waals surface area contributed by atoms with Crippen LogP contribution < -0.4 is 32.7 Å². The van der Waals surface area contributed by atoms with E-state index in [-0.39, 0.29) is 16.6 Å². The number of thiocarbonyl (C=S) groups is 1. The van der Waals surface area contributed by atoms with E-state index < -0.39 is 5.91 Å². The Morgan fingerprint density at radius 1 is 0.534 bits per heavy atom. The highest BCUT2D eigenvalue weighted by atomic mass is 79.9. The van der Waals surface area contributed by atoms with Crippen LogP contribution in [0.1, 0.15) is 73.6 Å². The van der Waals surface area contributed by atoms with Gasteiger partial charge >= 0.3 is 0 Å². The van der Waals surface area contributed by atoms with Crippen molar-refractivity contribution < 1.29 is 4.79 Å². The largest absolute Gasteiger partial charge is 0.387 e. The van der Waals surface area contributed by atoms with Crippen LogP contribution in [0.2, 0.25) is 20.1 Å². The van der Waals surface area contributed by atoms with Crippen LogP contribution in [0.5, 0.6) is 0 Å². The molecule has 0 saturated heterocycles. The first kappa shape index (κ1) is 51.5. The van der Waals surface area contributed by atoms with Gasteiger partial charge in [0.25, 0.3) is 5.91 Å². The maximum Gasteiger partial charge on any atom is 0.286 e. The molecule has 4 aromatic rings. The van der Waals surface area contributed by atoms with Gasteiger partial charge in [-0.15, -0.1) is 0 Å². The molecular formula is C47H44BrCl4N19OS. The average Bonchev–Trinajstić information content (AvgIpc) is 4.25. The fourth-order valence-electron chi connectivity index (χ4n) is 7.45. The number of nitriles is 1. The zero-order valence-electron chi connectivity index (χ0n) is 38.6. The molecule has 0 radical (unpaired) electrons. The molecule has 4 aromatic heterocycles. The van der Waals surface area contributed by atoms with Crippen molar-refractivity contribution in [3.05, 3.63) is 114 Å². The molecule has 20 nitrogen and oxygen atoms in total. The summed E-state index contributed by atoms with van der Waals surface area (Å²) in [6, 6.07) is 1.88. The lowest BCUT2D eigenvalue weighted by atomic mass is 10.2. The van der Waals surface area contributed by atoms with Crippen molar-refractivity contribution in [2.45, 2.75) is 51.4 Å². The van der Waals surface area contributed by atoms with Gasteiger partial charge in [-0.3, -0.25) is 24.8 Å². The Kier molecular flexibility index (Phi) is 16.4. The number of amidine groups is 4. The number of hydrogen-bond acceptors (Lipinski definition) is 19. The van der Waals surface area contributed by atoms with Crippen LogP contribution in [-0.4, -0.2) is 100 Å². The van der Waals surface area contributed by atoms with E-state index >= 15 is 0 Å². The van der Waals surface area contributed by atoms with Crippen molar-refractivity contribution in [1.29, 1.82) is 5.26 Å². The highest BCUT2D eigenvalue weighted by Crippen LogP contribution is 2.40. The third-order valence-electron chi connectivity index (χ3n) is 11.9. The first-order valence-electron chi connectivity index (χ1n) is 23.1. The quantitative estimate of drug-likeness (QED) is 0.0640. The lowest BCUT2D eigenvalue weighted by molar-refractivity contribution is 0.0990. The van der Waals surface area contributed by atoms with Crippen LogP contribution in [0.3, 0.4) is 0 Å². The van der Waals surface area contributed by atoms with Gasteiger partial charge in [0, 0.05) is 0 Å². The molecule has 73 heavy (non-hydrogen) atoms. The molecule has 8 heterocycles. The summed E-state index contributed by atoms with van der Waals surface area (Å²) in [6.45, 7) is 3.04. The number of rotatable bonds is 10. The SMILES string of the molecule is Clc1cnc(Br)nc1NC1=NCC(C2CC2)=C1.N#Cc1ncc(Cl)c(NC2=NCC(C3CC3)=C2)n1.NC(=O)c1ncc(Cl)c(NC2=NCC(C3CC3)=C2)n1.NC(=S)c1ncc(Cl)c(NC2=NCC(C3CC3)=C2)n1. The third-order valence-corrected chi connectivity index (χ3v) is 13.6. The van der Waals surface area contributed by atoms with Crippen molar-refractivity contribution in [3.8, 4) is 6.07 Å². The number of nitrogens with one attached hydrogen (secondary N) is 4. The Hall–Kier alpha value is -6.35. The summed E-state index contributed by atoms with van der Waals surface area (Å²) in [6.07, 6.45) is 24.2. The molecule has 1 amide bonds. The standard InChI is InChI=1S/C12H12ClN5O.C12H12ClN5S.C12H10ClN5.C11H10BrClN4/c2*13-8-5-16-12(10(14)19)18-11(8)17-9-3-7(4-15-9)6-1-2-6;13-9-6-16-11(4-14)18-12(9)17-10-3-8(5-15-10)7-1-2-7;12-11-15-5-8(13)10(17-11)16-9-3-7(4-14-9)6-1-2-6/h2*3,5-6H,1-2,4H2,(H2,14,19)(H,15,16,17,18);3,6-7H,1-2,5H2,(H,15,16,17,18);3,5-6H,1-2,4H2,(H,14,15,16,17). The Morgan fingerprint density at radius 2 is 0.863 bits per heavy atom. The van der Waals surface area contributed by atoms with E-state index in [9.17, 15) is 4.79 Å². The van der Waals surface area contributed by atoms with Crippen LogP contribution >= 0.6 is 74.6 Å². The number of carbonyl (C=O) groups excluding carboxylic acids is 1. The van der Waals surface area contributed by atoms with Crippen LogP contribution in [0.25, 0.3) is 0 Å². The molecule has 4 saturated carbocycles. The van der Waals surface area contributed by atoms with Crippen LogP contribution in [0.4, 0.5) is 23.3 Å². The maximum atomic E-state index is 11.0. The number of hydrogen-bond donors (Lipinski definition) is 6.